The smallest absolute Gasteiger partial charge is 0.227 e. The fourth-order valence-corrected chi connectivity index (χ4v) is 4.21. The van der Waals surface area contributed by atoms with Crippen LogP contribution in [-0.2, 0) is 10.2 Å². The van der Waals surface area contributed by atoms with Crippen molar-refractivity contribution in [3.8, 4) is 11.5 Å². The average molecular weight is 316 g/mol. The van der Waals surface area contributed by atoms with Crippen molar-refractivity contribution >= 4 is 11.6 Å². The van der Waals surface area contributed by atoms with Crippen LogP contribution in [-0.4, -0.2) is 26.9 Å². The number of phenolic OH excluding ortho intramolecular Hbond substituents is 2. The quantitative estimate of drug-likeness (QED) is 0.639. The summed E-state index contributed by atoms with van der Waals surface area (Å²) in [5.41, 5.74) is -0.694. The number of allylic oxidation sites excluding steroid dienone is 2. The number of aliphatic hydroxyl groups is 1. The van der Waals surface area contributed by atoms with Crippen molar-refractivity contribution < 1.29 is 24.9 Å². The maximum Gasteiger partial charge on any atom is 0.227 e. The highest BCUT2D eigenvalue weighted by Crippen LogP contribution is 2.58. The van der Waals surface area contributed by atoms with E-state index < -0.39 is 22.4 Å². The molecule has 0 amide bonds. The Hall–Kier alpha value is -2.30. The van der Waals surface area contributed by atoms with Gasteiger partial charge < -0.3 is 15.3 Å². The van der Waals surface area contributed by atoms with Gasteiger partial charge in [0.25, 0.3) is 0 Å². The highest BCUT2D eigenvalue weighted by Gasteiger charge is 2.55. The summed E-state index contributed by atoms with van der Waals surface area (Å²) in [5, 5.41) is 31.1. The maximum atomic E-state index is 12.6. The van der Waals surface area contributed by atoms with E-state index in [1.54, 1.807) is 27.7 Å². The highest BCUT2D eigenvalue weighted by atomic mass is 16.3. The molecule has 2 aliphatic carbocycles. The van der Waals surface area contributed by atoms with Gasteiger partial charge in [0, 0.05) is 28.4 Å². The molecule has 1 atom stereocenters. The minimum Gasteiger partial charge on any atom is -0.504 e. The summed E-state index contributed by atoms with van der Waals surface area (Å²) in [6, 6.07) is 1.48. The molecule has 5 heteroatoms. The van der Waals surface area contributed by atoms with Crippen molar-refractivity contribution in [2.45, 2.75) is 46.0 Å². The Bertz CT molecular complexity index is 800. The molecule has 1 unspecified atom stereocenters. The van der Waals surface area contributed by atoms with Gasteiger partial charge in [0.1, 0.15) is 5.78 Å². The number of carbonyl (C=O) groups excluding carboxylic acids is 2. The van der Waals surface area contributed by atoms with Crippen LogP contribution in [0.3, 0.4) is 0 Å². The number of ketones is 2. The molecule has 0 aliphatic heterocycles. The zero-order chi connectivity index (χ0) is 17.3. The first kappa shape index (κ1) is 15.6. The van der Waals surface area contributed by atoms with E-state index in [-0.39, 0.29) is 29.3 Å². The van der Waals surface area contributed by atoms with Crippen LogP contribution in [0.5, 0.6) is 11.5 Å². The summed E-state index contributed by atoms with van der Waals surface area (Å²) in [4.78, 5) is 24.9. The molecule has 3 N–H and O–H groups in total. The third-order valence-electron chi connectivity index (χ3n) is 5.44. The van der Waals surface area contributed by atoms with Gasteiger partial charge >= 0.3 is 0 Å². The van der Waals surface area contributed by atoms with Crippen molar-refractivity contribution in [3.05, 3.63) is 34.1 Å². The number of benzene rings is 1. The molecular weight excluding hydrogens is 296 g/mol. The lowest BCUT2D eigenvalue weighted by Gasteiger charge is -2.48. The molecule has 1 aromatic rings. The van der Waals surface area contributed by atoms with E-state index in [9.17, 15) is 24.9 Å². The van der Waals surface area contributed by atoms with E-state index >= 15 is 0 Å². The Labute approximate surface area is 134 Å². The van der Waals surface area contributed by atoms with Crippen molar-refractivity contribution in [2.24, 2.45) is 5.41 Å². The Morgan fingerprint density at radius 3 is 2.26 bits per heavy atom. The fraction of sp³-hybridized carbons (Fsp3) is 0.444. The number of hydrogen-bond acceptors (Lipinski definition) is 5. The van der Waals surface area contributed by atoms with Crippen LogP contribution < -0.4 is 0 Å². The predicted molar refractivity (Wildman–Crippen MR) is 83.9 cm³/mol. The third-order valence-corrected chi connectivity index (χ3v) is 5.44. The number of hydrogen-bond donors (Lipinski definition) is 3. The van der Waals surface area contributed by atoms with E-state index in [1.807, 2.05) is 0 Å². The third kappa shape index (κ3) is 1.73. The van der Waals surface area contributed by atoms with E-state index in [0.29, 0.717) is 23.1 Å². The van der Waals surface area contributed by atoms with Crippen LogP contribution in [0, 0.1) is 12.3 Å². The molecule has 3 rings (SSSR count). The molecule has 1 aromatic carbocycles. The number of aromatic hydroxyl groups is 2. The largest absolute Gasteiger partial charge is 0.504 e. The number of fused-ring (bicyclic) bond motifs is 3. The Kier molecular flexibility index (Phi) is 2.96. The Morgan fingerprint density at radius 2 is 1.65 bits per heavy atom. The number of aliphatic hydroxyl groups excluding tert-OH is 1. The first-order valence-corrected chi connectivity index (χ1v) is 7.61. The van der Waals surface area contributed by atoms with Crippen molar-refractivity contribution in [1.29, 1.82) is 0 Å². The van der Waals surface area contributed by atoms with E-state index in [2.05, 4.69) is 0 Å². The Balaban J connectivity index is 2.43. The van der Waals surface area contributed by atoms with E-state index in [1.165, 1.54) is 6.07 Å². The number of Topliss-reactive ketones (excluding diaryl/α,β-unsaturated/α-hetero) is 2. The van der Waals surface area contributed by atoms with Gasteiger partial charge in [-0.05, 0) is 44.4 Å². The van der Waals surface area contributed by atoms with Crippen molar-refractivity contribution in [1.82, 2.24) is 0 Å². The molecule has 5 nitrogen and oxygen atoms in total. The van der Waals surface area contributed by atoms with Crippen LogP contribution >= 0.6 is 0 Å². The molecule has 0 aromatic heterocycles. The van der Waals surface area contributed by atoms with Gasteiger partial charge in [-0.1, -0.05) is 6.92 Å². The zero-order valence-corrected chi connectivity index (χ0v) is 13.6. The first-order chi connectivity index (χ1) is 10.5. The van der Waals surface area contributed by atoms with Crippen LogP contribution in [0.4, 0.5) is 0 Å². The van der Waals surface area contributed by atoms with Crippen LogP contribution in [0.2, 0.25) is 0 Å². The summed E-state index contributed by atoms with van der Waals surface area (Å²) < 4.78 is 0. The molecule has 0 radical (unpaired) electrons. The molecule has 2 aliphatic rings. The normalized spacial score (nSPS) is 26.1. The first-order valence-electron chi connectivity index (χ1n) is 7.61. The van der Waals surface area contributed by atoms with Gasteiger partial charge in [0.15, 0.2) is 17.3 Å². The molecule has 0 bridgehead atoms. The lowest BCUT2D eigenvalue weighted by molar-refractivity contribution is -0.127. The van der Waals surface area contributed by atoms with Crippen LogP contribution in [0.25, 0.3) is 0 Å². The number of carbonyl (C=O) groups is 2. The van der Waals surface area contributed by atoms with Gasteiger partial charge in [-0.25, -0.2) is 0 Å². The van der Waals surface area contributed by atoms with Crippen LogP contribution in [0.1, 0.15) is 55.1 Å². The second kappa shape index (κ2) is 4.37. The summed E-state index contributed by atoms with van der Waals surface area (Å²) >= 11 is 0. The highest BCUT2D eigenvalue weighted by molar-refractivity contribution is 6.13. The minimum atomic E-state index is -1.00. The molecule has 0 heterocycles. The number of aryl methyl sites for hydroxylation is 1. The Morgan fingerprint density at radius 1 is 1.04 bits per heavy atom. The summed E-state index contributed by atoms with van der Waals surface area (Å²) in [7, 11) is 0. The molecular formula is C18H20O5. The monoisotopic (exact) mass is 316 g/mol. The van der Waals surface area contributed by atoms with Gasteiger partial charge in [0.2, 0.25) is 5.78 Å². The molecule has 1 fully saturated rings. The van der Waals surface area contributed by atoms with Crippen molar-refractivity contribution in [3.63, 3.8) is 0 Å². The molecule has 23 heavy (non-hydrogen) atoms. The molecule has 122 valence electrons. The zero-order valence-electron chi connectivity index (χ0n) is 13.6. The summed E-state index contributed by atoms with van der Waals surface area (Å²) in [5.74, 6) is -1.70. The van der Waals surface area contributed by atoms with Gasteiger partial charge in [-0.2, -0.15) is 0 Å². The minimum absolute atomic E-state index is 0.0522. The predicted octanol–water partition coefficient (Wildman–Crippen LogP) is 3.06. The van der Waals surface area contributed by atoms with Crippen molar-refractivity contribution in [2.75, 3.05) is 0 Å². The number of phenols is 2. The lowest BCUT2D eigenvalue weighted by Crippen LogP contribution is -2.47. The van der Waals surface area contributed by atoms with Gasteiger partial charge in [-0.3, -0.25) is 9.59 Å². The number of rotatable bonds is 0. The molecule has 0 spiro atoms. The molecule has 1 saturated carbocycles. The SMILES string of the molecule is Cc1cc2c(c(O)c1O)C1(C)CCC(=O)C(C)(C)C1=C(O)C2=O. The van der Waals surface area contributed by atoms with E-state index in [4.69, 9.17) is 0 Å². The summed E-state index contributed by atoms with van der Waals surface area (Å²) in [6.07, 6.45) is 0.646. The second-order valence-corrected chi connectivity index (χ2v) is 7.25. The summed E-state index contributed by atoms with van der Waals surface area (Å²) in [6.45, 7) is 6.74. The lowest BCUT2D eigenvalue weighted by atomic mass is 9.54. The fourth-order valence-electron chi connectivity index (χ4n) is 4.21. The second-order valence-electron chi connectivity index (χ2n) is 7.25. The molecule has 0 saturated heterocycles. The maximum absolute atomic E-state index is 12.6. The topological polar surface area (TPSA) is 94.8 Å². The average Bonchev–Trinajstić information content (AvgIpc) is 2.46. The van der Waals surface area contributed by atoms with Gasteiger partial charge in [0.05, 0.1) is 0 Å². The van der Waals surface area contributed by atoms with Gasteiger partial charge in [-0.15, -0.1) is 0 Å². The van der Waals surface area contributed by atoms with E-state index in [0.717, 1.165) is 0 Å². The standard InChI is InChI=1S/C18H20O5/c1-8-7-9-11(14(22)12(8)20)18(4)6-5-10(19)17(2,3)16(18)15(23)13(9)21/h7,20,22-23H,5-6H2,1-4H3. The van der Waals surface area contributed by atoms with Crippen LogP contribution in [0.15, 0.2) is 17.4 Å².